The lowest BCUT2D eigenvalue weighted by atomic mass is 9.97. The summed E-state index contributed by atoms with van der Waals surface area (Å²) < 4.78 is 4.56. The lowest BCUT2D eigenvalue weighted by Gasteiger charge is -2.10. The number of hydrogen-bond acceptors (Lipinski definition) is 1. The van der Waals surface area contributed by atoms with E-state index in [1.54, 1.807) is 0 Å². The van der Waals surface area contributed by atoms with Crippen molar-refractivity contribution in [1.82, 2.24) is 14.0 Å². The SMILES string of the molecule is c1ccc(-c2nc3ccccn3c2-c2cccc(-c3ccc(-c4ccc5c6ccccc6n(-c6ccccc6)c5c4)cc3)c2)cc1. The van der Waals surface area contributed by atoms with Crippen molar-refractivity contribution in [3.63, 3.8) is 0 Å². The summed E-state index contributed by atoms with van der Waals surface area (Å²) in [5.41, 5.74) is 13.6. The second kappa shape index (κ2) is 10.8. The fraction of sp³-hybridized carbons (Fsp3) is 0. The van der Waals surface area contributed by atoms with Crippen molar-refractivity contribution in [3.05, 3.63) is 176 Å². The van der Waals surface area contributed by atoms with Crippen molar-refractivity contribution in [2.45, 2.75) is 0 Å². The normalized spacial score (nSPS) is 11.5. The van der Waals surface area contributed by atoms with Crippen LogP contribution >= 0.6 is 0 Å². The van der Waals surface area contributed by atoms with E-state index in [1.807, 2.05) is 12.1 Å². The van der Waals surface area contributed by atoms with Crippen molar-refractivity contribution in [2.24, 2.45) is 0 Å². The molecule has 0 aliphatic rings. The molecule has 0 bridgehead atoms. The van der Waals surface area contributed by atoms with Crippen molar-refractivity contribution in [1.29, 1.82) is 0 Å². The molecule has 0 saturated carbocycles. The Labute approximate surface area is 267 Å². The van der Waals surface area contributed by atoms with Crippen LogP contribution in [0.2, 0.25) is 0 Å². The highest BCUT2D eigenvalue weighted by molar-refractivity contribution is 6.10. The summed E-state index contributed by atoms with van der Waals surface area (Å²) in [7, 11) is 0. The van der Waals surface area contributed by atoms with Gasteiger partial charge in [0.25, 0.3) is 0 Å². The van der Waals surface area contributed by atoms with E-state index >= 15 is 0 Å². The van der Waals surface area contributed by atoms with Crippen LogP contribution in [0.3, 0.4) is 0 Å². The second-order valence-electron chi connectivity index (χ2n) is 11.7. The van der Waals surface area contributed by atoms with Gasteiger partial charge in [-0.15, -0.1) is 0 Å². The van der Waals surface area contributed by atoms with E-state index in [9.17, 15) is 0 Å². The molecule has 3 heteroatoms. The minimum Gasteiger partial charge on any atom is -0.309 e. The van der Waals surface area contributed by atoms with Crippen LogP contribution < -0.4 is 0 Å². The minimum absolute atomic E-state index is 0.939. The van der Waals surface area contributed by atoms with E-state index in [1.165, 1.54) is 49.7 Å². The molecule has 6 aromatic carbocycles. The van der Waals surface area contributed by atoms with Gasteiger partial charge in [-0.25, -0.2) is 4.98 Å². The first-order valence-electron chi connectivity index (χ1n) is 15.6. The van der Waals surface area contributed by atoms with Gasteiger partial charge in [-0.3, -0.25) is 4.40 Å². The van der Waals surface area contributed by atoms with Gasteiger partial charge in [0.05, 0.1) is 22.4 Å². The topological polar surface area (TPSA) is 22.2 Å². The number of nitrogens with zero attached hydrogens (tertiary/aromatic N) is 3. The van der Waals surface area contributed by atoms with Gasteiger partial charge in [0, 0.05) is 33.8 Å². The molecule has 0 aliphatic heterocycles. The first-order valence-corrected chi connectivity index (χ1v) is 15.6. The first kappa shape index (κ1) is 26.2. The molecule has 0 unspecified atom stereocenters. The number of rotatable bonds is 5. The zero-order chi connectivity index (χ0) is 30.5. The van der Waals surface area contributed by atoms with Crippen LogP contribution in [0.4, 0.5) is 0 Å². The van der Waals surface area contributed by atoms with E-state index in [2.05, 4.69) is 173 Å². The average Bonchev–Trinajstić information content (AvgIpc) is 3.69. The summed E-state index contributed by atoms with van der Waals surface area (Å²) in [6.45, 7) is 0. The Morgan fingerprint density at radius 1 is 0.391 bits per heavy atom. The molecule has 0 amide bonds. The third-order valence-corrected chi connectivity index (χ3v) is 8.95. The molecule has 0 atom stereocenters. The maximum absolute atomic E-state index is 5.03. The molecule has 9 rings (SSSR count). The third-order valence-electron chi connectivity index (χ3n) is 8.95. The summed E-state index contributed by atoms with van der Waals surface area (Å²) in [5, 5.41) is 2.53. The molecule has 0 radical (unpaired) electrons. The van der Waals surface area contributed by atoms with Crippen LogP contribution in [0, 0.1) is 0 Å². The van der Waals surface area contributed by atoms with E-state index in [0.29, 0.717) is 0 Å². The molecule has 0 saturated heterocycles. The molecule has 0 fully saturated rings. The minimum atomic E-state index is 0.939. The molecule has 3 heterocycles. The number of para-hydroxylation sites is 2. The van der Waals surface area contributed by atoms with Gasteiger partial charge in [0.2, 0.25) is 0 Å². The largest absolute Gasteiger partial charge is 0.309 e. The summed E-state index contributed by atoms with van der Waals surface area (Å²) in [6.07, 6.45) is 2.10. The Hall–Kier alpha value is -6.19. The Bertz CT molecular complexity index is 2500. The molecule has 3 aromatic heterocycles. The lowest BCUT2D eigenvalue weighted by Crippen LogP contribution is -1.93. The van der Waals surface area contributed by atoms with Crippen LogP contribution in [-0.2, 0) is 0 Å². The summed E-state index contributed by atoms with van der Waals surface area (Å²) in [4.78, 5) is 5.03. The summed E-state index contributed by atoms with van der Waals surface area (Å²) >= 11 is 0. The van der Waals surface area contributed by atoms with Gasteiger partial charge in [-0.2, -0.15) is 0 Å². The van der Waals surface area contributed by atoms with Crippen molar-refractivity contribution in [3.8, 4) is 50.5 Å². The van der Waals surface area contributed by atoms with Gasteiger partial charge in [0.1, 0.15) is 5.65 Å². The van der Waals surface area contributed by atoms with Gasteiger partial charge in [-0.05, 0) is 64.7 Å². The number of aromatic nitrogens is 3. The molecule has 0 N–H and O–H groups in total. The molecule has 0 spiro atoms. The maximum Gasteiger partial charge on any atom is 0.137 e. The standard InChI is InChI=1S/C43H29N3/c1-3-12-32(13-4-1)42-43(45-27-10-9-20-41(45)44-42)35-15-11-14-33(28-35)30-21-23-31(24-22-30)34-25-26-38-37-18-7-8-19-39(37)46(40(38)29-34)36-16-5-2-6-17-36/h1-29H. The molecule has 3 nitrogen and oxygen atoms in total. The predicted octanol–water partition coefficient (Wildman–Crippen LogP) is 11.1. The predicted molar refractivity (Wildman–Crippen MR) is 191 cm³/mol. The van der Waals surface area contributed by atoms with Crippen LogP contribution in [0.5, 0.6) is 0 Å². The number of benzene rings is 6. The summed E-state index contributed by atoms with van der Waals surface area (Å²) in [5.74, 6) is 0. The van der Waals surface area contributed by atoms with E-state index in [-0.39, 0.29) is 0 Å². The number of pyridine rings is 1. The second-order valence-corrected chi connectivity index (χ2v) is 11.7. The highest BCUT2D eigenvalue weighted by Crippen LogP contribution is 2.37. The fourth-order valence-electron chi connectivity index (χ4n) is 6.78. The Balaban J connectivity index is 1.11. The quantitative estimate of drug-likeness (QED) is 0.196. The molecular formula is C43H29N3. The van der Waals surface area contributed by atoms with Crippen molar-refractivity contribution < 1.29 is 0 Å². The fourth-order valence-corrected chi connectivity index (χ4v) is 6.78. The third kappa shape index (κ3) is 4.33. The van der Waals surface area contributed by atoms with E-state index < -0.39 is 0 Å². The zero-order valence-corrected chi connectivity index (χ0v) is 25.1. The number of imidazole rings is 1. The summed E-state index contributed by atoms with van der Waals surface area (Å²) in [6, 6.07) is 60.5. The Morgan fingerprint density at radius 3 is 1.80 bits per heavy atom. The Kier molecular flexibility index (Phi) is 6.14. The average molecular weight is 588 g/mol. The number of hydrogen-bond donors (Lipinski definition) is 0. The molecule has 0 aliphatic carbocycles. The maximum atomic E-state index is 5.03. The van der Waals surface area contributed by atoms with Gasteiger partial charge in [-0.1, -0.05) is 127 Å². The van der Waals surface area contributed by atoms with Crippen molar-refractivity contribution >= 4 is 27.5 Å². The zero-order valence-electron chi connectivity index (χ0n) is 25.1. The number of fused-ring (bicyclic) bond motifs is 4. The van der Waals surface area contributed by atoms with Crippen LogP contribution in [0.1, 0.15) is 0 Å². The lowest BCUT2D eigenvalue weighted by molar-refractivity contribution is 1.18. The monoisotopic (exact) mass is 587 g/mol. The highest BCUT2D eigenvalue weighted by Gasteiger charge is 2.17. The van der Waals surface area contributed by atoms with Gasteiger partial charge >= 0.3 is 0 Å². The van der Waals surface area contributed by atoms with Gasteiger partial charge < -0.3 is 4.57 Å². The molecule has 46 heavy (non-hydrogen) atoms. The smallest absolute Gasteiger partial charge is 0.137 e. The van der Waals surface area contributed by atoms with Crippen LogP contribution in [0.15, 0.2) is 176 Å². The van der Waals surface area contributed by atoms with Crippen LogP contribution in [-0.4, -0.2) is 14.0 Å². The molecular weight excluding hydrogens is 558 g/mol. The molecule has 216 valence electrons. The van der Waals surface area contributed by atoms with Gasteiger partial charge in [0.15, 0.2) is 0 Å². The first-order chi connectivity index (χ1) is 22.8. The van der Waals surface area contributed by atoms with E-state index in [0.717, 1.165) is 28.2 Å². The Morgan fingerprint density at radius 2 is 1.00 bits per heavy atom. The van der Waals surface area contributed by atoms with E-state index in [4.69, 9.17) is 4.98 Å². The highest BCUT2D eigenvalue weighted by atomic mass is 15.0. The molecule has 9 aromatic rings. The van der Waals surface area contributed by atoms with Crippen LogP contribution in [0.25, 0.3) is 77.9 Å². The van der Waals surface area contributed by atoms with Crippen molar-refractivity contribution in [2.75, 3.05) is 0 Å².